The van der Waals surface area contributed by atoms with Crippen molar-refractivity contribution < 1.29 is 4.74 Å². The monoisotopic (exact) mass is 384 g/mol. The van der Waals surface area contributed by atoms with E-state index in [2.05, 4.69) is 20.5 Å². The highest BCUT2D eigenvalue weighted by Crippen LogP contribution is 2.18. The molecule has 0 aliphatic carbocycles. The fourth-order valence-electron chi connectivity index (χ4n) is 2.89. The molecule has 0 spiro atoms. The third kappa shape index (κ3) is 3.68. The Kier molecular flexibility index (Phi) is 5.34. The number of fused-ring (bicyclic) bond motifs is 1. The summed E-state index contributed by atoms with van der Waals surface area (Å²) in [6.07, 6.45) is 0. The SMILES string of the molecule is COc1ccc(/C(C)=N/Nc2nc3c(c(=O)[nH]c(=O)n3C)n2CC(C)C)cc1. The van der Waals surface area contributed by atoms with Gasteiger partial charge in [-0.1, -0.05) is 13.8 Å². The van der Waals surface area contributed by atoms with Crippen molar-refractivity contribution in [3.05, 3.63) is 50.7 Å². The second kappa shape index (κ2) is 7.71. The van der Waals surface area contributed by atoms with Crippen LogP contribution in [0.25, 0.3) is 11.2 Å². The van der Waals surface area contributed by atoms with Crippen molar-refractivity contribution in [2.45, 2.75) is 27.3 Å². The van der Waals surface area contributed by atoms with Crippen LogP contribution in [0.3, 0.4) is 0 Å². The Morgan fingerprint density at radius 3 is 2.57 bits per heavy atom. The third-order valence-electron chi connectivity index (χ3n) is 4.39. The van der Waals surface area contributed by atoms with E-state index >= 15 is 0 Å². The van der Waals surface area contributed by atoms with Crippen molar-refractivity contribution in [2.24, 2.45) is 18.1 Å². The zero-order valence-corrected chi connectivity index (χ0v) is 16.6. The van der Waals surface area contributed by atoms with Crippen LogP contribution in [0.1, 0.15) is 26.3 Å². The van der Waals surface area contributed by atoms with E-state index in [4.69, 9.17) is 4.74 Å². The predicted octanol–water partition coefficient (Wildman–Crippen LogP) is 1.92. The average molecular weight is 384 g/mol. The molecule has 0 aliphatic rings. The number of imidazole rings is 1. The normalized spacial score (nSPS) is 12.0. The van der Waals surface area contributed by atoms with Crippen LogP contribution in [0.2, 0.25) is 0 Å². The van der Waals surface area contributed by atoms with Crippen LogP contribution in [-0.2, 0) is 13.6 Å². The van der Waals surface area contributed by atoms with E-state index in [1.807, 2.05) is 45.0 Å². The molecule has 148 valence electrons. The second-order valence-electron chi connectivity index (χ2n) is 6.97. The lowest BCUT2D eigenvalue weighted by atomic mass is 10.1. The van der Waals surface area contributed by atoms with Gasteiger partial charge in [0.05, 0.1) is 12.8 Å². The molecule has 0 radical (unpaired) electrons. The Balaban J connectivity index is 2.04. The number of aromatic amines is 1. The molecule has 9 heteroatoms. The number of H-pyrrole nitrogens is 1. The van der Waals surface area contributed by atoms with Gasteiger partial charge in [0, 0.05) is 13.6 Å². The van der Waals surface area contributed by atoms with E-state index in [-0.39, 0.29) is 5.92 Å². The number of rotatable bonds is 6. The van der Waals surface area contributed by atoms with Crippen molar-refractivity contribution in [1.29, 1.82) is 0 Å². The number of ether oxygens (including phenoxy) is 1. The maximum atomic E-state index is 12.4. The van der Waals surface area contributed by atoms with E-state index in [0.29, 0.717) is 23.7 Å². The first-order valence-corrected chi connectivity index (χ1v) is 8.96. The zero-order chi connectivity index (χ0) is 20.4. The van der Waals surface area contributed by atoms with Gasteiger partial charge in [-0.05, 0) is 42.7 Å². The molecule has 2 heterocycles. The summed E-state index contributed by atoms with van der Waals surface area (Å²) in [5.74, 6) is 1.44. The minimum atomic E-state index is -0.504. The summed E-state index contributed by atoms with van der Waals surface area (Å²) >= 11 is 0. The summed E-state index contributed by atoms with van der Waals surface area (Å²) in [4.78, 5) is 31.1. The Bertz CT molecular complexity index is 1140. The van der Waals surface area contributed by atoms with Gasteiger partial charge in [-0.15, -0.1) is 0 Å². The quantitative estimate of drug-likeness (QED) is 0.499. The molecule has 1 aromatic carbocycles. The Morgan fingerprint density at radius 1 is 1.29 bits per heavy atom. The van der Waals surface area contributed by atoms with Crippen molar-refractivity contribution in [1.82, 2.24) is 19.1 Å². The first-order valence-electron chi connectivity index (χ1n) is 8.96. The summed E-state index contributed by atoms with van der Waals surface area (Å²) in [6, 6.07) is 7.53. The number of hydrogen-bond acceptors (Lipinski definition) is 6. The number of hydrazone groups is 1. The molecule has 0 saturated heterocycles. The number of benzene rings is 1. The summed E-state index contributed by atoms with van der Waals surface area (Å²) in [5, 5.41) is 4.41. The minimum Gasteiger partial charge on any atom is -0.497 e. The van der Waals surface area contributed by atoms with Gasteiger partial charge in [-0.2, -0.15) is 10.1 Å². The van der Waals surface area contributed by atoms with Crippen LogP contribution in [0.5, 0.6) is 5.75 Å². The summed E-state index contributed by atoms with van der Waals surface area (Å²) in [6.45, 7) is 6.50. The van der Waals surface area contributed by atoms with E-state index < -0.39 is 11.2 Å². The van der Waals surface area contributed by atoms with E-state index in [9.17, 15) is 9.59 Å². The van der Waals surface area contributed by atoms with E-state index in [1.54, 1.807) is 18.7 Å². The molecule has 9 nitrogen and oxygen atoms in total. The van der Waals surface area contributed by atoms with E-state index in [0.717, 1.165) is 17.0 Å². The van der Waals surface area contributed by atoms with Crippen molar-refractivity contribution in [3.63, 3.8) is 0 Å². The van der Waals surface area contributed by atoms with Crippen molar-refractivity contribution in [3.8, 4) is 5.75 Å². The number of methoxy groups -OCH3 is 1. The molecule has 0 saturated carbocycles. The fraction of sp³-hybridized carbons (Fsp3) is 0.368. The van der Waals surface area contributed by atoms with Crippen molar-refractivity contribution >= 4 is 22.8 Å². The minimum absolute atomic E-state index is 0.265. The standard InChI is InChI=1S/C19H24N6O3/c1-11(2)10-25-15-16(24(4)19(27)21-17(15)26)20-18(25)23-22-12(3)13-6-8-14(28-5)9-7-13/h6-9,11H,10H2,1-5H3,(H,20,23)(H,21,26,27)/b22-12+. The Hall–Kier alpha value is -3.36. The molecule has 0 aliphatic heterocycles. The number of aromatic nitrogens is 4. The van der Waals surface area contributed by atoms with Gasteiger partial charge in [0.25, 0.3) is 5.56 Å². The third-order valence-corrected chi connectivity index (χ3v) is 4.39. The van der Waals surface area contributed by atoms with Gasteiger partial charge in [-0.25, -0.2) is 10.2 Å². The molecule has 0 unspecified atom stereocenters. The summed E-state index contributed by atoms with van der Waals surface area (Å²) in [5.41, 5.74) is 4.31. The van der Waals surface area contributed by atoms with Crippen LogP contribution < -0.4 is 21.4 Å². The fourth-order valence-corrected chi connectivity index (χ4v) is 2.89. The van der Waals surface area contributed by atoms with Crippen LogP contribution >= 0.6 is 0 Å². The Morgan fingerprint density at radius 2 is 1.96 bits per heavy atom. The zero-order valence-electron chi connectivity index (χ0n) is 16.6. The van der Waals surface area contributed by atoms with Crippen LogP contribution in [-0.4, -0.2) is 31.9 Å². The average Bonchev–Trinajstić information content (AvgIpc) is 3.02. The lowest BCUT2D eigenvalue weighted by Crippen LogP contribution is -2.29. The predicted molar refractivity (Wildman–Crippen MR) is 109 cm³/mol. The lowest BCUT2D eigenvalue weighted by Gasteiger charge is -2.11. The van der Waals surface area contributed by atoms with E-state index in [1.165, 1.54) is 4.57 Å². The molecular weight excluding hydrogens is 360 g/mol. The van der Waals surface area contributed by atoms with Gasteiger partial charge >= 0.3 is 5.69 Å². The molecule has 3 aromatic rings. The van der Waals surface area contributed by atoms with Crippen molar-refractivity contribution in [2.75, 3.05) is 12.5 Å². The smallest absolute Gasteiger partial charge is 0.329 e. The van der Waals surface area contributed by atoms with Gasteiger partial charge in [0.1, 0.15) is 5.75 Å². The molecule has 0 bridgehead atoms. The number of nitrogens with zero attached hydrogens (tertiary/aromatic N) is 4. The van der Waals surface area contributed by atoms with Crippen LogP contribution in [0, 0.1) is 5.92 Å². The maximum Gasteiger partial charge on any atom is 0.329 e. The highest BCUT2D eigenvalue weighted by molar-refractivity contribution is 5.99. The van der Waals surface area contributed by atoms with Crippen LogP contribution in [0.15, 0.2) is 39.0 Å². The number of hydrogen-bond donors (Lipinski definition) is 2. The number of nitrogens with one attached hydrogen (secondary N) is 2. The molecule has 0 amide bonds. The van der Waals surface area contributed by atoms with Gasteiger partial charge in [-0.3, -0.25) is 14.3 Å². The first-order chi connectivity index (χ1) is 13.3. The molecule has 3 rings (SSSR count). The largest absolute Gasteiger partial charge is 0.497 e. The lowest BCUT2D eigenvalue weighted by molar-refractivity contribution is 0.415. The second-order valence-corrected chi connectivity index (χ2v) is 6.97. The number of anilines is 1. The summed E-state index contributed by atoms with van der Waals surface area (Å²) in [7, 11) is 3.19. The molecule has 2 N–H and O–H groups in total. The Labute approximate surface area is 161 Å². The molecule has 0 fully saturated rings. The highest BCUT2D eigenvalue weighted by Gasteiger charge is 2.18. The van der Waals surface area contributed by atoms with Crippen LogP contribution in [0.4, 0.5) is 5.95 Å². The molecule has 2 aromatic heterocycles. The van der Waals surface area contributed by atoms with Gasteiger partial charge < -0.3 is 9.30 Å². The topological polar surface area (TPSA) is 106 Å². The maximum absolute atomic E-state index is 12.4. The highest BCUT2D eigenvalue weighted by atomic mass is 16.5. The molecular formula is C19H24N6O3. The summed E-state index contributed by atoms with van der Waals surface area (Å²) < 4.78 is 8.24. The van der Waals surface area contributed by atoms with Gasteiger partial charge in [0.2, 0.25) is 5.95 Å². The number of aryl methyl sites for hydroxylation is 1. The molecule has 28 heavy (non-hydrogen) atoms. The first kappa shape index (κ1) is 19.4. The molecule has 0 atom stereocenters. The van der Waals surface area contributed by atoms with Gasteiger partial charge in [0.15, 0.2) is 11.2 Å².